The first-order valence-corrected chi connectivity index (χ1v) is 3.39. The van der Waals surface area contributed by atoms with Crippen LogP contribution in [0.3, 0.4) is 0 Å². The number of nitrogens with one attached hydrogen (secondary N) is 1. The first-order valence-electron chi connectivity index (χ1n) is 3.39. The lowest BCUT2D eigenvalue weighted by molar-refractivity contribution is -0.139. The third-order valence-corrected chi connectivity index (χ3v) is 2.02. The molecule has 0 aromatic carbocycles. The second-order valence-corrected chi connectivity index (χ2v) is 2.75. The fraction of sp³-hybridized carbons (Fsp3) is 0.833. The molecule has 2 unspecified atom stereocenters. The highest BCUT2D eigenvalue weighted by Gasteiger charge is 2.45. The zero-order valence-corrected chi connectivity index (χ0v) is 5.41. The van der Waals surface area contributed by atoms with Gasteiger partial charge < -0.3 is 15.2 Å². The second-order valence-electron chi connectivity index (χ2n) is 2.75. The third-order valence-electron chi connectivity index (χ3n) is 2.02. The molecule has 2 aliphatic heterocycles. The summed E-state index contributed by atoms with van der Waals surface area (Å²) < 4.78 is 5.13. The monoisotopic (exact) mass is 143 g/mol. The predicted octanol–water partition coefficient (Wildman–Crippen LogP) is -0.800. The Morgan fingerprint density at radius 1 is 1.60 bits per heavy atom. The first kappa shape index (κ1) is 6.12. The van der Waals surface area contributed by atoms with Crippen molar-refractivity contribution in [3.63, 3.8) is 0 Å². The molecule has 3 atom stereocenters. The number of epoxide rings is 1. The van der Waals surface area contributed by atoms with Crippen molar-refractivity contribution in [2.45, 2.75) is 24.7 Å². The SMILES string of the molecule is O=C(O)[C@@H]1CC2OC2CN1. The molecule has 0 aromatic rings. The van der Waals surface area contributed by atoms with Gasteiger partial charge in [-0.15, -0.1) is 0 Å². The molecule has 4 nitrogen and oxygen atoms in total. The van der Waals surface area contributed by atoms with Crippen LogP contribution in [0.2, 0.25) is 0 Å². The Morgan fingerprint density at radius 3 is 3.00 bits per heavy atom. The topological polar surface area (TPSA) is 61.9 Å². The molecule has 0 spiro atoms. The Balaban J connectivity index is 1.94. The summed E-state index contributed by atoms with van der Waals surface area (Å²) in [6, 6.07) is -0.385. The van der Waals surface area contributed by atoms with E-state index in [9.17, 15) is 4.79 Å². The Kier molecular flexibility index (Phi) is 1.18. The Bertz CT molecular complexity index is 170. The lowest BCUT2D eigenvalue weighted by Crippen LogP contribution is -2.43. The van der Waals surface area contributed by atoms with E-state index in [0.717, 1.165) is 0 Å². The number of carbonyl (C=O) groups is 1. The van der Waals surface area contributed by atoms with Crippen LogP contribution in [0, 0.1) is 0 Å². The van der Waals surface area contributed by atoms with Crippen molar-refractivity contribution in [1.82, 2.24) is 5.32 Å². The first-order chi connectivity index (χ1) is 4.77. The van der Waals surface area contributed by atoms with Crippen LogP contribution in [0.4, 0.5) is 0 Å². The number of rotatable bonds is 1. The molecule has 4 heteroatoms. The van der Waals surface area contributed by atoms with Crippen LogP contribution in [0.25, 0.3) is 0 Å². The zero-order valence-electron chi connectivity index (χ0n) is 5.41. The largest absolute Gasteiger partial charge is 0.480 e. The van der Waals surface area contributed by atoms with E-state index in [-0.39, 0.29) is 12.1 Å². The second kappa shape index (κ2) is 1.93. The molecule has 0 aliphatic carbocycles. The van der Waals surface area contributed by atoms with Gasteiger partial charge in [0.25, 0.3) is 0 Å². The van der Waals surface area contributed by atoms with Crippen molar-refractivity contribution >= 4 is 5.97 Å². The maximum atomic E-state index is 10.4. The number of fused-ring (bicyclic) bond motifs is 1. The van der Waals surface area contributed by atoms with Crippen LogP contribution in [0.1, 0.15) is 6.42 Å². The Hall–Kier alpha value is -0.610. The summed E-state index contributed by atoms with van der Waals surface area (Å²) in [6.07, 6.45) is 1.15. The molecule has 2 rings (SSSR count). The van der Waals surface area contributed by atoms with Gasteiger partial charge in [-0.05, 0) is 0 Å². The standard InChI is InChI=1S/C6H9NO3/c8-6(9)3-1-4-5(10-4)2-7-3/h3-5,7H,1-2H2,(H,8,9)/t3-,4?,5?/m0/s1. The smallest absolute Gasteiger partial charge is 0.320 e. The van der Waals surface area contributed by atoms with Gasteiger partial charge in [0.15, 0.2) is 0 Å². The number of carboxylic acid groups (broad SMARTS) is 1. The highest BCUT2D eigenvalue weighted by Crippen LogP contribution is 2.29. The van der Waals surface area contributed by atoms with E-state index in [1.165, 1.54) is 0 Å². The van der Waals surface area contributed by atoms with Crippen LogP contribution in [0.15, 0.2) is 0 Å². The number of aliphatic carboxylic acids is 1. The summed E-state index contributed by atoms with van der Waals surface area (Å²) in [4.78, 5) is 10.4. The maximum Gasteiger partial charge on any atom is 0.320 e. The van der Waals surface area contributed by atoms with Crippen LogP contribution in [0.5, 0.6) is 0 Å². The summed E-state index contributed by atoms with van der Waals surface area (Å²) in [5, 5.41) is 11.4. The van der Waals surface area contributed by atoms with Crippen LogP contribution in [-0.2, 0) is 9.53 Å². The molecule has 0 amide bonds. The lowest BCUT2D eigenvalue weighted by atomic mass is 10.1. The van der Waals surface area contributed by atoms with E-state index in [2.05, 4.69) is 5.32 Å². The van der Waals surface area contributed by atoms with Crippen molar-refractivity contribution in [2.75, 3.05) is 6.54 Å². The van der Waals surface area contributed by atoms with Crippen molar-refractivity contribution < 1.29 is 14.6 Å². The maximum absolute atomic E-state index is 10.4. The van der Waals surface area contributed by atoms with E-state index in [4.69, 9.17) is 9.84 Å². The molecule has 10 heavy (non-hydrogen) atoms. The molecule has 0 saturated carbocycles. The lowest BCUT2D eigenvalue weighted by Gasteiger charge is -2.15. The molecule has 2 saturated heterocycles. The predicted molar refractivity (Wildman–Crippen MR) is 32.7 cm³/mol. The molecular formula is C6H9NO3. The van der Waals surface area contributed by atoms with Gasteiger partial charge in [0.05, 0.1) is 12.2 Å². The van der Waals surface area contributed by atoms with E-state index in [1.54, 1.807) is 0 Å². The molecule has 56 valence electrons. The van der Waals surface area contributed by atoms with Gasteiger partial charge in [0.1, 0.15) is 6.04 Å². The Labute approximate surface area is 58.2 Å². The van der Waals surface area contributed by atoms with Crippen molar-refractivity contribution in [1.29, 1.82) is 0 Å². The summed E-state index contributed by atoms with van der Waals surface area (Å²) in [5.41, 5.74) is 0. The zero-order chi connectivity index (χ0) is 7.14. The van der Waals surface area contributed by atoms with Gasteiger partial charge >= 0.3 is 5.97 Å². The van der Waals surface area contributed by atoms with Crippen molar-refractivity contribution in [3.8, 4) is 0 Å². The molecule has 0 radical (unpaired) electrons. The van der Waals surface area contributed by atoms with Gasteiger partial charge in [0, 0.05) is 13.0 Å². The fourth-order valence-electron chi connectivity index (χ4n) is 1.33. The number of hydrogen-bond donors (Lipinski definition) is 2. The number of carboxylic acids is 1. The van der Waals surface area contributed by atoms with Gasteiger partial charge in [0.2, 0.25) is 0 Å². The van der Waals surface area contributed by atoms with E-state index in [1.807, 2.05) is 0 Å². The third kappa shape index (κ3) is 0.892. The normalized spacial score (nSPS) is 44.2. The summed E-state index contributed by atoms with van der Waals surface area (Å²) >= 11 is 0. The Morgan fingerprint density at radius 2 is 2.40 bits per heavy atom. The number of ether oxygens (including phenoxy) is 1. The summed E-state index contributed by atoms with van der Waals surface area (Å²) in [6.45, 7) is 0.696. The minimum atomic E-state index is -0.769. The highest BCUT2D eigenvalue weighted by atomic mass is 16.6. The molecule has 0 bridgehead atoms. The van der Waals surface area contributed by atoms with Crippen LogP contribution < -0.4 is 5.32 Å². The van der Waals surface area contributed by atoms with E-state index < -0.39 is 5.97 Å². The minimum absolute atomic E-state index is 0.224. The van der Waals surface area contributed by atoms with Crippen LogP contribution >= 0.6 is 0 Å². The molecule has 0 aromatic heterocycles. The molecule has 2 heterocycles. The average molecular weight is 143 g/mol. The van der Waals surface area contributed by atoms with Gasteiger partial charge in [-0.25, -0.2) is 0 Å². The number of hydrogen-bond acceptors (Lipinski definition) is 3. The summed E-state index contributed by atoms with van der Waals surface area (Å²) in [5.74, 6) is -0.769. The van der Waals surface area contributed by atoms with Gasteiger partial charge in [-0.3, -0.25) is 4.79 Å². The fourth-order valence-corrected chi connectivity index (χ4v) is 1.33. The number of piperidine rings is 1. The minimum Gasteiger partial charge on any atom is -0.480 e. The van der Waals surface area contributed by atoms with Crippen molar-refractivity contribution in [2.24, 2.45) is 0 Å². The van der Waals surface area contributed by atoms with Gasteiger partial charge in [-0.2, -0.15) is 0 Å². The van der Waals surface area contributed by atoms with Gasteiger partial charge in [-0.1, -0.05) is 0 Å². The van der Waals surface area contributed by atoms with E-state index in [0.29, 0.717) is 19.1 Å². The summed E-state index contributed by atoms with van der Waals surface area (Å²) in [7, 11) is 0. The molecular weight excluding hydrogens is 134 g/mol. The van der Waals surface area contributed by atoms with E-state index >= 15 is 0 Å². The molecule has 2 aliphatic rings. The highest BCUT2D eigenvalue weighted by molar-refractivity contribution is 5.73. The van der Waals surface area contributed by atoms with Crippen molar-refractivity contribution in [3.05, 3.63) is 0 Å². The average Bonchev–Trinajstić information content (AvgIpc) is 2.63. The van der Waals surface area contributed by atoms with Crippen LogP contribution in [-0.4, -0.2) is 35.9 Å². The molecule has 2 fully saturated rings. The molecule has 2 N–H and O–H groups in total. The quantitative estimate of drug-likeness (QED) is 0.472.